The molecule has 0 fully saturated rings. The molecule has 3 aromatic heterocycles. The van der Waals surface area contributed by atoms with Crippen LogP contribution >= 0.6 is 0 Å². The number of hydrogen-bond acceptors (Lipinski definition) is 8. The molecule has 0 radical (unpaired) electrons. The first kappa shape index (κ1) is 21.6. The maximum Gasteiger partial charge on any atom is 0.295 e. The summed E-state index contributed by atoms with van der Waals surface area (Å²) in [5, 5.41) is 5.99. The molecule has 0 saturated carbocycles. The molecule has 3 N–H and O–H groups in total. The molecule has 9 nitrogen and oxygen atoms in total. The molecule has 0 aliphatic rings. The number of benzene rings is 1. The van der Waals surface area contributed by atoms with Crippen molar-refractivity contribution in [1.82, 2.24) is 24.9 Å². The molecule has 0 unspecified atom stereocenters. The van der Waals surface area contributed by atoms with Gasteiger partial charge in [-0.25, -0.2) is 32.2 Å². The summed E-state index contributed by atoms with van der Waals surface area (Å²) in [6.45, 7) is 3.64. The normalized spacial score (nSPS) is 11.8. The van der Waals surface area contributed by atoms with Crippen LogP contribution in [0.2, 0.25) is 0 Å². The van der Waals surface area contributed by atoms with Crippen molar-refractivity contribution in [2.24, 2.45) is 0 Å². The fourth-order valence-corrected chi connectivity index (χ4v) is 3.89. The van der Waals surface area contributed by atoms with Gasteiger partial charge in [-0.3, -0.25) is 4.98 Å². The fourth-order valence-electron chi connectivity index (χ4n) is 3.04. The lowest BCUT2D eigenvalue weighted by Gasteiger charge is -2.13. The van der Waals surface area contributed by atoms with Crippen LogP contribution in [0.4, 0.5) is 31.8 Å². The minimum Gasteiger partial charge on any atom is -0.352 e. The third-order valence-electron chi connectivity index (χ3n) is 4.68. The Morgan fingerprint density at radius 2 is 1.72 bits per heavy atom. The van der Waals surface area contributed by atoms with Crippen LogP contribution in [0.5, 0.6) is 0 Å². The van der Waals surface area contributed by atoms with E-state index in [4.69, 9.17) is 0 Å². The van der Waals surface area contributed by atoms with Gasteiger partial charge < -0.3 is 15.6 Å². The van der Waals surface area contributed by atoms with E-state index >= 15 is 0 Å². The summed E-state index contributed by atoms with van der Waals surface area (Å²) < 4.78 is 50.9. The molecule has 0 atom stereocenters. The largest absolute Gasteiger partial charge is 0.352 e. The van der Waals surface area contributed by atoms with Gasteiger partial charge in [0.2, 0.25) is 0 Å². The van der Waals surface area contributed by atoms with E-state index in [1.165, 1.54) is 18.3 Å². The van der Waals surface area contributed by atoms with Crippen LogP contribution in [0.25, 0.3) is 11.2 Å². The molecule has 12 heteroatoms. The molecule has 0 amide bonds. The van der Waals surface area contributed by atoms with E-state index in [2.05, 4.69) is 35.6 Å². The Labute approximate surface area is 182 Å². The first-order chi connectivity index (χ1) is 15.1. The summed E-state index contributed by atoms with van der Waals surface area (Å²) in [5.74, 6) is 0.143. The summed E-state index contributed by atoms with van der Waals surface area (Å²) in [4.78, 5) is 19.4. The number of H-pyrrole nitrogens is 1. The number of nitrogens with zero attached hydrogens (tertiary/aromatic N) is 4. The molecule has 0 aliphatic heterocycles. The fraction of sp³-hybridized carbons (Fsp3) is 0.200. The first-order valence-corrected chi connectivity index (χ1v) is 11.3. The second-order valence-electron chi connectivity index (χ2n) is 7.12. The summed E-state index contributed by atoms with van der Waals surface area (Å²) >= 11 is 0. The van der Waals surface area contributed by atoms with Crippen molar-refractivity contribution in [1.29, 1.82) is 0 Å². The second kappa shape index (κ2) is 8.11. The Balaban J connectivity index is 1.82. The van der Waals surface area contributed by atoms with E-state index in [-0.39, 0.29) is 33.3 Å². The minimum atomic E-state index is -3.54. The molecule has 1 aromatic carbocycles. The van der Waals surface area contributed by atoms with Crippen LogP contribution in [-0.2, 0) is 9.84 Å². The molecular weight excluding hydrogens is 440 g/mol. The quantitative estimate of drug-likeness (QED) is 0.392. The van der Waals surface area contributed by atoms with Gasteiger partial charge in [0.25, 0.3) is 6.43 Å². The number of anilines is 4. The number of aromatic nitrogens is 5. The van der Waals surface area contributed by atoms with Gasteiger partial charge in [0.05, 0.1) is 33.9 Å². The molecule has 0 saturated heterocycles. The van der Waals surface area contributed by atoms with Crippen LogP contribution in [0.3, 0.4) is 0 Å². The molecule has 3 heterocycles. The summed E-state index contributed by atoms with van der Waals surface area (Å²) in [5.41, 5.74) is 2.29. The zero-order chi connectivity index (χ0) is 23.0. The van der Waals surface area contributed by atoms with Crippen molar-refractivity contribution < 1.29 is 17.2 Å². The standard InChI is InChI=1S/C20H19F2N7O2S/c1-10-11(2)24-16(9-23-10)26-15-8-13(17-19(27-15)29-20(28-17)18(21)22)25-12-6-4-5-7-14(12)32(3,30)31/h4-9,18H,1-3H3,(H3,24,25,26,27,28,29). The third kappa shape index (κ3) is 4.35. The number of alkyl halides is 2. The summed E-state index contributed by atoms with van der Waals surface area (Å²) in [7, 11) is -3.54. The molecule has 4 aromatic rings. The van der Waals surface area contributed by atoms with Crippen LogP contribution in [0.1, 0.15) is 23.6 Å². The van der Waals surface area contributed by atoms with Crippen LogP contribution in [0.15, 0.2) is 41.4 Å². The van der Waals surface area contributed by atoms with Crippen molar-refractivity contribution in [2.45, 2.75) is 25.2 Å². The van der Waals surface area contributed by atoms with E-state index in [0.717, 1.165) is 17.6 Å². The zero-order valence-corrected chi connectivity index (χ0v) is 18.1. The molecule has 0 spiro atoms. The monoisotopic (exact) mass is 459 g/mol. The van der Waals surface area contributed by atoms with E-state index in [9.17, 15) is 17.2 Å². The van der Waals surface area contributed by atoms with Crippen LogP contribution in [0, 0.1) is 13.8 Å². The number of fused-ring (bicyclic) bond motifs is 1. The minimum absolute atomic E-state index is 0.0594. The lowest BCUT2D eigenvalue weighted by molar-refractivity contribution is 0.142. The highest BCUT2D eigenvalue weighted by molar-refractivity contribution is 7.90. The van der Waals surface area contributed by atoms with Crippen molar-refractivity contribution in [3.05, 3.63) is 53.7 Å². The Morgan fingerprint density at radius 1 is 0.969 bits per heavy atom. The van der Waals surface area contributed by atoms with Gasteiger partial charge in [0, 0.05) is 12.3 Å². The number of aryl methyl sites for hydroxylation is 2. The number of aromatic amines is 1. The van der Waals surface area contributed by atoms with Crippen LogP contribution in [-0.4, -0.2) is 39.6 Å². The second-order valence-corrected chi connectivity index (χ2v) is 9.10. The number of imidazole rings is 1. The SMILES string of the molecule is Cc1ncc(Nc2cc(Nc3ccccc3S(C)(=O)=O)c3nc(C(F)F)[nH]c3n2)nc1C. The first-order valence-electron chi connectivity index (χ1n) is 9.44. The average molecular weight is 459 g/mol. The van der Waals surface area contributed by atoms with E-state index in [1.54, 1.807) is 18.2 Å². The number of hydrogen-bond donors (Lipinski definition) is 3. The van der Waals surface area contributed by atoms with Crippen molar-refractivity contribution in [3.63, 3.8) is 0 Å². The zero-order valence-electron chi connectivity index (χ0n) is 17.3. The number of halogens is 2. The van der Waals surface area contributed by atoms with Crippen LogP contribution < -0.4 is 10.6 Å². The van der Waals surface area contributed by atoms with Gasteiger partial charge in [0.1, 0.15) is 17.2 Å². The third-order valence-corrected chi connectivity index (χ3v) is 5.84. The lowest BCUT2D eigenvalue weighted by atomic mass is 10.2. The Hall–Kier alpha value is -3.67. The highest BCUT2D eigenvalue weighted by Crippen LogP contribution is 2.32. The smallest absolute Gasteiger partial charge is 0.295 e. The lowest BCUT2D eigenvalue weighted by Crippen LogP contribution is -2.04. The van der Waals surface area contributed by atoms with Gasteiger partial charge >= 0.3 is 0 Å². The van der Waals surface area contributed by atoms with Gasteiger partial charge in [-0.15, -0.1) is 0 Å². The van der Waals surface area contributed by atoms with Crippen molar-refractivity contribution in [2.75, 3.05) is 16.9 Å². The summed E-state index contributed by atoms with van der Waals surface area (Å²) in [6.07, 6.45) is -0.218. The van der Waals surface area contributed by atoms with Crippen molar-refractivity contribution in [3.8, 4) is 0 Å². The molecular formula is C20H19F2N7O2S. The maximum absolute atomic E-state index is 13.3. The van der Waals surface area contributed by atoms with E-state index in [0.29, 0.717) is 5.82 Å². The predicted octanol–water partition coefficient (Wildman–Crippen LogP) is 4.19. The van der Waals surface area contributed by atoms with Gasteiger partial charge in [-0.05, 0) is 26.0 Å². The Morgan fingerprint density at radius 3 is 2.41 bits per heavy atom. The predicted molar refractivity (Wildman–Crippen MR) is 116 cm³/mol. The molecule has 32 heavy (non-hydrogen) atoms. The highest BCUT2D eigenvalue weighted by atomic mass is 32.2. The Kier molecular flexibility index (Phi) is 5.46. The molecule has 166 valence electrons. The molecule has 0 aliphatic carbocycles. The van der Waals surface area contributed by atoms with Crippen molar-refractivity contribution >= 4 is 44.0 Å². The molecule has 4 rings (SSSR count). The van der Waals surface area contributed by atoms with Gasteiger partial charge in [-0.2, -0.15) is 0 Å². The number of rotatable bonds is 6. The van der Waals surface area contributed by atoms with Gasteiger partial charge in [0.15, 0.2) is 21.3 Å². The highest BCUT2D eigenvalue weighted by Gasteiger charge is 2.19. The molecule has 0 bridgehead atoms. The number of sulfone groups is 1. The number of pyridine rings is 1. The number of nitrogens with one attached hydrogen (secondary N) is 3. The average Bonchev–Trinajstić information content (AvgIpc) is 3.15. The topological polar surface area (TPSA) is 126 Å². The van der Waals surface area contributed by atoms with E-state index in [1.807, 2.05) is 13.8 Å². The number of para-hydroxylation sites is 1. The summed E-state index contributed by atoms with van der Waals surface area (Å²) in [6, 6.07) is 7.82. The maximum atomic E-state index is 13.3. The van der Waals surface area contributed by atoms with Gasteiger partial charge in [-0.1, -0.05) is 12.1 Å². The Bertz CT molecular complexity index is 1420. The van der Waals surface area contributed by atoms with E-state index < -0.39 is 22.1 Å².